The molecule has 0 saturated carbocycles. The molecule has 1 heterocycles. The maximum atomic E-state index is 12.1. The van der Waals surface area contributed by atoms with Gasteiger partial charge in [-0.15, -0.1) is 0 Å². The van der Waals surface area contributed by atoms with E-state index >= 15 is 0 Å². The topological polar surface area (TPSA) is 34.9 Å². The molecule has 0 aliphatic heterocycles. The number of rotatable bonds is 4. The van der Waals surface area contributed by atoms with Crippen molar-refractivity contribution in [3.63, 3.8) is 0 Å². The first kappa shape index (κ1) is 13.3. The molecule has 98 valence electrons. The van der Waals surface area contributed by atoms with Crippen LogP contribution < -0.4 is 0 Å². The molecule has 0 atom stereocenters. The first-order valence-corrected chi connectivity index (χ1v) is 6.43. The van der Waals surface area contributed by atoms with Gasteiger partial charge in [-0.2, -0.15) is 5.10 Å². The molecule has 19 heavy (non-hydrogen) atoms. The largest absolute Gasteiger partial charge is 0.289 e. The minimum absolute atomic E-state index is 0.00206. The normalized spacial score (nSPS) is 11.1. The van der Waals surface area contributed by atoms with Crippen LogP contribution in [0, 0.1) is 13.8 Å². The summed E-state index contributed by atoms with van der Waals surface area (Å²) in [5.74, 6) is -0.00206. The van der Waals surface area contributed by atoms with E-state index in [4.69, 9.17) is 0 Å². The molecule has 0 saturated heterocycles. The van der Waals surface area contributed by atoms with Crippen LogP contribution >= 0.6 is 0 Å². The summed E-state index contributed by atoms with van der Waals surface area (Å²) in [4.78, 5) is 12.1. The molecule has 0 unspecified atom stereocenters. The molecule has 0 aliphatic rings. The number of aromatic nitrogens is 2. The molecule has 0 bridgehead atoms. The predicted molar refractivity (Wildman–Crippen MR) is 77.2 cm³/mol. The number of hydrogen-bond donors (Lipinski definition) is 0. The fraction of sp³-hybridized carbons (Fsp3) is 0.250. The average molecular weight is 254 g/mol. The Kier molecular flexibility index (Phi) is 3.95. The standard InChI is InChI=1S/C16H18N2O/c1-4-18-11-15(13(3)17-18)16(19)10-9-14-7-5-12(2)6-8-14/h5-11H,4H2,1-3H3. The number of carbonyl (C=O) groups is 1. The van der Waals surface area contributed by atoms with E-state index in [1.807, 2.05) is 51.1 Å². The first-order valence-electron chi connectivity index (χ1n) is 6.43. The quantitative estimate of drug-likeness (QED) is 0.619. The summed E-state index contributed by atoms with van der Waals surface area (Å²) < 4.78 is 1.78. The van der Waals surface area contributed by atoms with Crippen LogP contribution in [0.4, 0.5) is 0 Å². The Bertz CT molecular complexity index is 606. The molecule has 0 amide bonds. The van der Waals surface area contributed by atoms with E-state index in [1.54, 1.807) is 17.0 Å². The molecule has 1 aromatic carbocycles. The van der Waals surface area contributed by atoms with Crippen LogP contribution in [0.5, 0.6) is 0 Å². The second kappa shape index (κ2) is 5.65. The minimum Gasteiger partial charge on any atom is -0.289 e. The Labute approximate surface area is 113 Å². The van der Waals surface area contributed by atoms with Crippen molar-refractivity contribution in [3.05, 3.63) is 58.9 Å². The van der Waals surface area contributed by atoms with Crippen molar-refractivity contribution in [2.45, 2.75) is 27.3 Å². The zero-order valence-electron chi connectivity index (χ0n) is 11.6. The van der Waals surface area contributed by atoms with Gasteiger partial charge < -0.3 is 0 Å². The Morgan fingerprint density at radius 1 is 1.26 bits per heavy atom. The fourth-order valence-electron chi connectivity index (χ4n) is 1.86. The molecule has 3 heteroatoms. The van der Waals surface area contributed by atoms with Crippen molar-refractivity contribution in [2.24, 2.45) is 0 Å². The van der Waals surface area contributed by atoms with E-state index in [0.29, 0.717) is 5.56 Å². The molecule has 2 aromatic rings. The van der Waals surface area contributed by atoms with E-state index in [1.165, 1.54) is 5.56 Å². The van der Waals surface area contributed by atoms with Gasteiger partial charge in [0, 0.05) is 12.7 Å². The van der Waals surface area contributed by atoms with E-state index in [9.17, 15) is 4.79 Å². The summed E-state index contributed by atoms with van der Waals surface area (Å²) in [5, 5.41) is 4.28. The van der Waals surface area contributed by atoms with Gasteiger partial charge in [0.05, 0.1) is 11.3 Å². The van der Waals surface area contributed by atoms with Gasteiger partial charge in [0.1, 0.15) is 0 Å². The van der Waals surface area contributed by atoms with Crippen LogP contribution in [0.3, 0.4) is 0 Å². The maximum absolute atomic E-state index is 12.1. The highest BCUT2D eigenvalue weighted by Gasteiger charge is 2.09. The van der Waals surface area contributed by atoms with Gasteiger partial charge in [-0.25, -0.2) is 0 Å². The third kappa shape index (κ3) is 3.19. The van der Waals surface area contributed by atoms with E-state index in [2.05, 4.69) is 5.10 Å². The highest BCUT2D eigenvalue weighted by Crippen LogP contribution is 2.10. The zero-order chi connectivity index (χ0) is 13.8. The molecular weight excluding hydrogens is 236 g/mol. The van der Waals surface area contributed by atoms with Crippen molar-refractivity contribution < 1.29 is 4.79 Å². The number of benzene rings is 1. The van der Waals surface area contributed by atoms with Gasteiger partial charge in [0.2, 0.25) is 0 Å². The van der Waals surface area contributed by atoms with Gasteiger partial charge in [-0.3, -0.25) is 9.48 Å². The van der Waals surface area contributed by atoms with E-state index < -0.39 is 0 Å². The fourth-order valence-corrected chi connectivity index (χ4v) is 1.86. The summed E-state index contributed by atoms with van der Waals surface area (Å²) in [7, 11) is 0. The third-order valence-corrected chi connectivity index (χ3v) is 3.04. The van der Waals surface area contributed by atoms with Gasteiger partial charge in [-0.1, -0.05) is 35.9 Å². The Morgan fingerprint density at radius 3 is 2.53 bits per heavy atom. The van der Waals surface area contributed by atoms with Crippen LogP contribution in [0.15, 0.2) is 36.5 Å². The Hall–Kier alpha value is -2.16. The first-order chi connectivity index (χ1) is 9.10. The van der Waals surface area contributed by atoms with Gasteiger partial charge in [0.25, 0.3) is 0 Å². The Balaban J connectivity index is 2.16. The van der Waals surface area contributed by atoms with Crippen LogP contribution in [0.2, 0.25) is 0 Å². The van der Waals surface area contributed by atoms with Crippen molar-refractivity contribution in [1.82, 2.24) is 9.78 Å². The molecule has 1 aromatic heterocycles. The summed E-state index contributed by atoms with van der Waals surface area (Å²) in [5.41, 5.74) is 3.69. The van der Waals surface area contributed by atoms with Crippen molar-refractivity contribution in [1.29, 1.82) is 0 Å². The summed E-state index contributed by atoms with van der Waals surface area (Å²) in [6.45, 7) is 6.68. The van der Waals surface area contributed by atoms with Gasteiger partial charge in [-0.05, 0) is 32.4 Å². The number of allylic oxidation sites excluding steroid dienone is 1. The summed E-state index contributed by atoms with van der Waals surface area (Å²) in [6.07, 6.45) is 5.25. The molecular formula is C16H18N2O. The van der Waals surface area contributed by atoms with Crippen molar-refractivity contribution >= 4 is 11.9 Å². The smallest absolute Gasteiger partial charge is 0.189 e. The summed E-state index contributed by atoms with van der Waals surface area (Å²) >= 11 is 0. The number of nitrogens with zero attached hydrogens (tertiary/aromatic N) is 2. The number of hydrogen-bond acceptors (Lipinski definition) is 2. The molecule has 2 rings (SSSR count). The maximum Gasteiger partial charge on any atom is 0.189 e. The molecule has 0 radical (unpaired) electrons. The lowest BCUT2D eigenvalue weighted by atomic mass is 10.1. The summed E-state index contributed by atoms with van der Waals surface area (Å²) in [6, 6.07) is 8.07. The molecule has 0 fully saturated rings. The lowest BCUT2D eigenvalue weighted by Crippen LogP contribution is -1.94. The second-order valence-electron chi connectivity index (χ2n) is 4.59. The highest BCUT2D eigenvalue weighted by molar-refractivity contribution is 6.07. The SMILES string of the molecule is CCn1cc(C(=O)C=Cc2ccc(C)cc2)c(C)n1. The third-order valence-electron chi connectivity index (χ3n) is 3.04. The molecule has 0 spiro atoms. The monoisotopic (exact) mass is 254 g/mol. The molecule has 0 N–H and O–H groups in total. The molecule has 0 aliphatic carbocycles. The lowest BCUT2D eigenvalue weighted by molar-refractivity contribution is 0.104. The van der Waals surface area contributed by atoms with Crippen LogP contribution in [-0.2, 0) is 6.54 Å². The van der Waals surface area contributed by atoms with E-state index in [-0.39, 0.29) is 5.78 Å². The van der Waals surface area contributed by atoms with E-state index in [0.717, 1.165) is 17.8 Å². The highest BCUT2D eigenvalue weighted by atomic mass is 16.1. The molecule has 3 nitrogen and oxygen atoms in total. The van der Waals surface area contributed by atoms with Crippen LogP contribution in [0.25, 0.3) is 6.08 Å². The average Bonchev–Trinajstić information content (AvgIpc) is 2.79. The van der Waals surface area contributed by atoms with Crippen LogP contribution in [0.1, 0.15) is 34.1 Å². The van der Waals surface area contributed by atoms with Gasteiger partial charge >= 0.3 is 0 Å². The second-order valence-corrected chi connectivity index (χ2v) is 4.59. The van der Waals surface area contributed by atoms with Crippen molar-refractivity contribution in [3.8, 4) is 0 Å². The lowest BCUT2D eigenvalue weighted by Gasteiger charge is -1.95. The number of ketones is 1. The van der Waals surface area contributed by atoms with Gasteiger partial charge in [0.15, 0.2) is 5.78 Å². The number of carbonyl (C=O) groups excluding carboxylic acids is 1. The zero-order valence-corrected chi connectivity index (χ0v) is 11.6. The van der Waals surface area contributed by atoms with Crippen LogP contribution in [-0.4, -0.2) is 15.6 Å². The minimum atomic E-state index is -0.00206. The Morgan fingerprint density at radius 2 is 1.95 bits per heavy atom. The van der Waals surface area contributed by atoms with Crippen molar-refractivity contribution in [2.75, 3.05) is 0 Å². The number of aryl methyl sites for hydroxylation is 3. The predicted octanol–water partition coefficient (Wildman–Crippen LogP) is 3.42.